The second-order valence-electron chi connectivity index (χ2n) is 5.69. The molecule has 0 radical (unpaired) electrons. The number of amides is 2. The summed E-state index contributed by atoms with van der Waals surface area (Å²) < 4.78 is 0. The van der Waals surface area contributed by atoms with Crippen LogP contribution in [-0.4, -0.2) is 24.4 Å². The van der Waals surface area contributed by atoms with Gasteiger partial charge in [0.2, 0.25) is 5.91 Å². The summed E-state index contributed by atoms with van der Waals surface area (Å²) in [5.41, 5.74) is 3.00. The van der Waals surface area contributed by atoms with E-state index in [-0.39, 0.29) is 24.3 Å². The van der Waals surface area contributed by atoms with Gasteiger partial charge in [-0.05, 0) is 30.2 Å². The first kappa shape index (κ1) is 13.1. The zero-order valence-electron chi connectivity index (χ0n) is 12.1. The number of hydrogen-bond donors (Lipinski definition) is 0. The molecule has 0 bridgehead atoms. The van der Waals surface area contributed by atoms with Crippen molar-refractivity contribution in [3.05, 3.63) is 60.2 Å². The molecule has 2 aromatic rings. The molecule has 22 heavy (non-hydrogen) atoms. The maximum absolute atomic E-state index is 12.8. The van der Waals surface area contributed by atoms with Crippen molar-refractivity contribution in [1.29, 1.82) is 0 Å². The molecule has 0 aliphatic carbocycles. The minimum absolute atomic E-state index is 0.118. The number of hydrogen-bond acceptors (Lipinski definition) is 3. The molecule has 4 rings (SSSR count). The zero-order valence-corrected chi connectivity index (χ0v) is 12.1. The van der Waals surface area contributed by atoms with Gasteiger partial charge in [-0.2, -0.15) is 0 Å². The third-order valence-corrected chi connectivity index (χ3v) is 4.44. The molecule has 1 atom stereocenters. The Balaban J connectivity index is 1.66. The van der Waals surface area contributed by atoms with Crippen LogP contribution in [0, 0.1) is 0 Å². The lowest BCUT2D eigenvalue weighted by Gasteiger charge is -2.25. The zero-order chi connectivity index (χ0) is 15.1. The first-order chi connectivity index (χ1) is 10.8. The predicted octanol–water partition coefficient (Wildman–Crippen LogP) is 2.38. The highest BCUT2D eigenvalue weighted by Gasteiger charge is 2.44. The van der Waals surface area contributed by atoms with Gasteiger partial charge in [-0.25, -0.2) is 4.90 Å². The number of benzene rings is 2. The van der Waals surface area contributed by atoms with Crippen molar-refractivity contribution in [2.24, 2.45) is 0 Å². The summed E-state index contributed by atoms with van der Waals surface area (Å²) in [6, 6.07) is 16.9. The number of rotatable bonds is 2. The quantitative estimate of drug-likeness (QED) is 0.798. The molecule has 4 heteroatoms. The highest BCUT2D eigenvalue weighted by Crippen LogP contribution is 2.34. The van der Waals surface area contributed by atoms with E-state index in [1.807, 2.05) is 36.4 Å². The topological polar surface area (TPSA) is 40.6 Å². The van der Waals surface area contributed by atoms with E-state index >= 15 is 0 Å². The van der Waals surface area contributed by atoms with E-state index in [1.54, 1.807) is 12.1 Å². The second kappa shape index (κ2) is 4.98. The Morgan fingerprint density at radius 3 is 2.45 bits per heavy atom. The average Bonchev–Trinajstić information content (AvgIpc) is 3.09. The Morgan fingerprint density at radius 1 is 0.909 bits per heavy atom. The predicted molar refractivity (Wildman–Crippen MR) is 84.8 cm³/mol. The lowest BCUT2D eigenvalue weighted by Crippen LogP contribution is -2.41. The van der Waals surface area contributed by atoms with Crippen LogP contribution in [0.3, 0.4) is 0 Å². The van der Waals surface area contributed by atoms with Crippen LogP contribution in [0.2, 0.25) is 0 Å². The molecule has 2 aliphatic heterocycles. The number of imide groups is 1. The average molecular weight is 292 g/mol. The van der Waals surface area contributed by atoms with Crippen molar-refractivity contribution in [3.63, 3.8) is 0 Å². The number of para-hydroxylation sites is 2. The number of fused-ring (bicyclic) bond motifs is 1. The van der Waals surface area contributed by atoms with Crippen LogP contribution in [0.25, 0.3) is 0 Å². The molecule has 0 saturated carbocycles. The third-order valence-electron chi connectivity index (χ3n) is 4.44. The van der Waals surface area contributed by atoms with Gasteiger partial charge in [-0.15, -0.1) is 0 Å². The van der Waals surface area contributed by atoms with Crippen molar-refractivity contribution in [3.8, 4) is 0 Å². The van der Waals surface area contributed by atoms with Gasteiger partial charge in [-0.3, -0.25) is 9.59 Å². The van der Waals surface area contributed by atoms with E-state index in [0.29, 0.717) is 5.69 Å². The highest BCUT2D eigenvalue weighted by molar-refractivity contribution is 6.23. The largest absolute Gasteiger partial charge is 0.359 e. The second-order valence-corrected chi connectivity index (χ2v) is 5.69. The molecule has 0 spiro atoms. The molecule has 1 saturated heterocycles. The Hall–Kier alpha value is -2.62. The molecule has 2 aromatic carbocycles. The SMILES string of the molecule is O=C1C[C@H](N2CCc3ccccc32)C(=O)N1c1ccccc1. The monoisotopic (exact) mass is 292 g/mol. The van der Waals surface area contributed by atoms with Crippen molar-refractivity contribution in [2.75, 3.05) is 16.3 Å². The summed E-state index contributed by atoms with van der Waals surface area (Å²) in [6.45, 7) is 0.797. The molecule has 2 aliphatic rings. The first-order valence-electron chi connectivity index (χ1n) is 7.52. The highest BCUT2D eigenvalue weighted by atomic mass is 16.2. The van der Waals surface area contributed by atoms with Gasteiger partial charge in [0.15, 0.2) is 0 Å². The summed E-state index contributed by atoms with van der Waals surface area (Å²) in [4.78, 5) is 28.5. The lowest BCUT2D eigenvalue weighted by atomic mass is 10.1. The third kappa shape index (κ3) is 1.91. The van der Waals surface area contributed by atoms with E-state index in [1.165, 1.54) is 10.5 Å². The van der Waals surface area contributed by atoms with Gasteiger partial charge in [0, 0.05) is 12.2 Å². The molecule has 4 nitrogen and oxygen atoms in total. The summed E-state index contributed by atoms with van der Waals surface area (Å²) in [7, 11) is 0. The summed E-state index contributed by atoms with van der Waals surface area (Å²) in [6.07, 6.45) is 1.18. The molecule has 0 N–H and O–H groups in total. The van der Waals surface area contributed by atoms with Gasteiger partial charge in [-0.1, -0.05) is 36.4 Å². The standard InChI is InChI=1S/C18H16N2O2/c21-17-12-16(18(22)20(17)14-7-2-1-3-8-14)19-11-10-13-6-4-5-9-15(13)19/h1-9,16H,10-12H2/t16-/m0/s1. The van der Waals surface area contributed by atoms with Crippen LogP contribution in [0.4, 0.5) is 11.4 Å². The van der Waals surface area contributed by atoms with Gasteiger partial charge in [0.25, 0.3) is 5.91 Å². The summed E-state index contributed by atoms with van der Waals surface area (Å²) in [5.74, 6) is -0.238. The Bertz CT molecular complexity index is 742. The van der Waals surface area contributed by atoms with Crippen LogP contribution in [0.1, 0.15) is 12.0 Å². The van der Waals surface area contributed by atoms with Gasteiger partial charge in [0.05, 0.1) is 12.1 Å². The summed E-state index contributed by atoms with van der Waals surface area (Å²) >= 11 is 0. The lowest BCUT2D eigenvalue weighted by molar-refractivity contribution is -0.121. The fourth-order valence-electron chi connectivity index (χ4n) is 3.40. The fraction of sp³-hybridized carbons (Fsp3) is 0.222. The van der Waals surface area contributed by atoms with Crippen molar-refractivity contribution >= 4 is 23.2 Å². The molecule has 2 amide bonds. The minimum atomic E-state index is -0.378. The molecule has 110 valence electrons. The van der Waals surface area contributed by atoms with E-state index in [9.17, 15) is 9.59 Å². The van der Waals surface area contributed by atoms with Gasteiger partial charge >= 0.3 is 0 Å². The molecule has 0 unspecified atom stereocenters. The molecule has 2 heterocycles. The van der Waals surface area contributed by atoms with Crippen LogP contribution >= 0.6 is 0 Å². The number of anilines is 2. The maximum atomic E-state index is 12.8. The Morgan fingerprint density at radius 2 is 1.64 bits per heavy atom. The van der Waals surface area contributed by atoms with Crippen LogP contribution in [0.5, 0.6) is 0 Å². The van der Waals surface area contributed by atoms with E-state index in [4.69, 9.17) is 0 Å². The van der Waals surface area contributed by atoms with Crippen LogP contribution in [0.15, 0.2) is 54.6 Å². The van der Waals surface area contributed by atoms with Gasteiger partial charge < -0.3 is 4.90 Å². The van der Waals surface area contributed by atoms with Crippen LogP contribution in [-0.2, 0) is 16.0 Å². The molecule has 1 fully saturated rings. The van der Waals surface area contributed by atoms with Crippen molar-refractivity contribution in [1.82, 2.24) is 0 Å². The Labute approximate surface area is 129 Å². The van der Waals surface area contributed by atoms with E-state index in [0.717, 1.165) is 18.7 Å². The molecule has 0 aromatic heterocycles. The minimum Gasteiger partial charge on any atom is -0.359 e. The molecular weight excluding hydrogens is 276 g/mol. The number of carbonyl (C=O) groups excluding carboxylic acids is 2. The fourth-order valence-corrected chi connectivity index (χ4v) is 3.40. The van der Waals surface area contributed by atoms with E-state index in [2.05, 4.69) is 11.0 Å². The smallest absolute Gasteiger partial charge is 0.256 e. The normalized spacial score (nSPS) is 20.6. The first-order valence-corrected chi connectivity index (χ1v) is 7.52. The van der Waals surface area contributed by atoms with E-state index < -0.39 is 0 Å². The van der Waals surface area contributed by atoms with Crippen molar-refractivity contribution < 1.29 is 9.59 Å². The van der Waals surface area contributed by atoms with Crippen molar-refractivity contribution in [2.45, 2.75) is 18.9 Å². The Kier molecular flexibility index (Phi) is 2.96. The number of nitrogens with zero attached hydrogens (tertiary/aromatic N) is 2. The molecular formula is C18H16N2O2. The maximum Gasteiger partial charge on any atom is 0.256 e. The summed E-state index contributed by atoms with van der Waals surface area (Å²) in [5, 5.41) is 0. The van der Waals surface area contributed by atoms with Gasteiger partial charge in [0.1, 0.15) is 6.04 Å². The van der Waals surface area contributed by atoms with Crippen LogP contribution < -0.4 is 9.80 Å². The number of carbonyl (C=O) groups is 2.